The summed E-state index contributed by atoms with van der Waals surface area (Å²) in [5, 5.41) is 0.412. The van der Waals surface area contributed by atoms with E-state index in [-0.39, 0.29) is 5.78 Å². The maximum absolute atomic E-state index is 12.6. The Balaban J connectivity index is 2.52. The largest absolute Gasteiger partial charge is 0.493 e. The average molecular weight is 371 g/mol. The summed E-state index contributed by atoms with van der Waals surface area (Å²) >= 11 is 9.30. The molecule has 110 valence electrons. The van der Waals surface area contributed by atoms with Gasteiger partial charge in [-0.05, 0) is 46.3 Å². The van der Waals surface area contributed by atoms with E-state index in [1.807, 2.05) is 0 Å². The number of benzene rings is 2. The first-order valence-corrected chi connectivity index (χ1v) is 7.15. The first kappa shape index (κ1) is 15.7. The Morgan fingerprint density at radius 3 is 2.29 bits per heavy atom. The van der Waals surface area contributed by atoms with Crippen molar-refractivity contribution in [3.05, 3.63) is 51.0 Å². The number of halogens is 2. The summed E-state index contributed by atoms with van der Waals surface area (Å²) in [6.07, 6.45) is 0. The van der Waals surface area contributed by atoms with E-state index in [1.54, 1.807) is 30.3 Å². The van der Waals surface area contributed by atoms with E-state index in [9.17, 15) is 4.79 Å². The Labute approximate surface area is 135 Å². The number of nitrogen functional groups attached to an aromatic ring is 1. The maximum atomic E-state index is 12.6. The molecule has 0 radical (unpaired) electrons. The van der Waals surface area contributed by atoms with Crippen molar-refractivity contribution in [2.75, 3.05) is 20.0 Å². The Morgan fingerprint density at radius 2 is 1.71 bits per heavy atom. The first-order valence-electron chi connectivity index (χ1n) is 5.98. The van der Waals surface area contributed by atoms with E-state index >= 15 is 0 Å². The summed E-state index contributed by atoms with van der Waals surface area (Å²) in [4.78, 5) is 12.6. The molecular formula is C15H13BrClNO3. The summed E-state index contributed by atoms with van der Waals surface area (Å²) in [5.41, 5.74) is 7.00. The van der Waals surface area contributed by atoms with Gasteiger partial charge in [-0.1, -0.05) is 11.6 Å². The third kappa shape index (κ3) is 3.31. The predicted octanol–water partition coefficient (Wildman–Crippen LogP) is 3.93. The molecule has 2 rings (SSSR count). The average Bonchev–Trinajstić information content (AvgIpc) is 2.45. The Hall–Kier alpha value is -1.72. The van der Waals surface area contributed by atoms with Gasteiger partial charge in [0.1, 0.15) is 0 Å². The number of nitrogens with two attached hydrogens (primary N) is 1. The van der Waals surface area contributed by atoms with Gasteiger partial charge in [-0.25, -0.2) is 0 Å². The summed E-state index contributed by atoms with van der Waals surface area (Å²) in [7, 11) is 3.04. The van der Waals surface area contributed by atoms with Gasteiger partial charge in [-0.15, -0.1) is 0 Å². The van der Waals surface area contributed by atoms with Crippen LogP contribution in [0, 0.1) is 0 Å². The van der Waals surface area contributed by atoms with Crippen molar-refractivity contribution in [1.82, 2.24) is 0 Å². The Kier molecular flexibility index (Phi) is 4.75. The summed E-state index contributed by atoms with van der Waals surface area (Å²) in [5.74, 6) is 0.794. The molecule has 0 heterocycles. The van der Waals surface area contributed by atoms with Gasteiger partial charge in [0.15, 0.2) is 17.3 Å². The number of hydrogen-bond donors (Lipinski definition) is 1. The maximum Gasteiger partial charge on any atom is 0.194 e. The van der Waals surface area contributed by atoms with Gasteiger partial charge in [0.2, 0.25) is 0 Å². The molecule has 0 aromatic heterocycles. The number of methoxy groups -OCH3 is 2. The van der Waals surface area contributed by atoms with Gasteiger partial charge in [0.05, 0.1) is 14.2 Å². The molecule has 0 saturated heterocycles. The number of ketones is 1. The third-order valence-electron chi connectivity index (χ3n) is 2.90. The van der Waals surface area contributed by atoms with Crippen molar-refractivity contribution >= 4 is 39.0 Å². The monoisotopic (exact) mass is 369 g/mol. The molecule has 0 spiro atoms. The number of anilines is 1. The second kappa shape index (κ2) is 6.37. The minimum Gasteiger partial charge on any atom is -0.493 e. The molecule has 0 atom stereocenters. The molecule has 0 aliphatic heterocycles. The normalized spacial score (nSPS) is 10.3. The standard InChI is InChI=1S/C15H13BrClNO3/c1-20-13-6-11(12(16)7-14(13)21-2)15(19)8-3-9(17)5-10(18)4-8/h3-7H,18H2,1-2H3. The molecule has 0 saturated carbocycles. The van der Waals surface area contributed by atoms with Crippen LogP contribution >= 0.6 is 27.5 Å². The van der Waals surface area contributed by atoms with Crippen LogP contribution in [0.5, 0.6) is 11.5 Å². The van der Waals surface area contributed by atoms with Crippen LogP contribution in [0.1, 0.15) is 15.9 Å². The Bertz CT molecular complexity index is 683. The molecule has 2 N–H and O–H groups in total. The molecule has 4 nitrogen and oxygen atoms in total. The molecule has 0 amide bonds. The summed E-state index contributed by atoms with van der Waals surface area (Å²) < 4.78 is 11.0. The van der Waals surface area contributed by atoms with Gasteiger partial charge >= 0.3 is 0 Å². The van der Waals surface area contributed by atoms with Gasteiger partial charge in [0.25, 0.3) is 0 Å². The summed E-state index contributed by atoms with van der Waals surface area (Å²) in [6, 6.07) is 8.03. The lowest BCUT2D eigenvalue weighted by Gasteiger charge is -2.11. The molecule has 2 aromatic carbocycles. The van der Waals surface area contributed by atoms with Gasteiger partial charge in [-0.2, -0.15) is 0 Å². The van der Waals surface area contributed by atoms with Crippen LogP contribution < -0.4 is 15.2 Å². The minimum absolute atomic E-state index is 0.211. The lowest BCUT2D eigenvalue weighted by molar-refractivity contribution is 0.103. The highest BCUT2D eigenvalue weighted by Gasteiger charge is 2.17. The van der Waals surface area contributed by atoms with Crippen LogP contribution in [0.25, 0.3) is 0 Å². The first-order chi connectivity index (χ1) is 9.96. The quantitative estimate of drug-likeness (QED) is 0.654. The van der Waals surface area contributed by atoms with Gasteiger partial charge < -0.3 is 15.2 Å². The van der Waals surface area contributed by atoms with Crippen molar-refractivity contribution in [1.29, 1.82) is 0 Å². The van der Waals surface area contributed by atoms with E-state index in [0.717, 1.165) is 0 Å². The summed E-state index contributed by atoms with van der Waals surface area (Å²) in [6.45, 7) is 0. The van der Waals surface area contributed by atoms with E-state index in [0.29, 0.717) is 37.8 Å². The molecule has 2 aromatic rings. The van der Waals surface area contributed by atoms with Crippen LogP contribution in [0.2, 0.25) is 5.02 Å². The molecular weight excluding hydrogens is 358 g/mol. The molecule has 0 aliphatic rings. The third-order valence-corrected chi connectivity index (χ3v) is 3.77. The minimum atomic E-state index is -0.211. The van der Waals surface area contributed by atoms with Crippen molar-refractivity contribution in [2.45, 2.75) is 0 Å². The number of ether oxygens (including phenoxy) is 2. The van der Waals surface area contributed by atoms with Crippen molar-refractivity contribution in [2.24, 2.45) is 0 Å². The van der Waals surface area contributed by atoms with E-state index < -0.39 is 0 Å². The molecule has 21 heavy (non-hydrogen) atoms. The van der Waals surface area contributed by atoms with Gasteiger partial charge in [0, 0.05) is 26.3 Å². The zero-order valence-electron chi connectivity index (χ0n) is 11.4. The molecule has 0 bridgehead atoms. The van der Waals surface area contributed by atoms with Crippen LogP contribution in [0.4, 0.5) is 5.69 Å². The van der Waals surface area contributed by atoms with Crippen molar-refractivity contribution < 1.29 is 14.3 Å². The fourth-order valence-corrected chi connectivity index (χ4v) is 2.67. The van der Waals surface area contributed by atoms with E-state index in [1.165, 1.54) is 14.2 Å². The van der Waals surface area contributed by atoms with Crippen molar-refractivity contribution in [3.8, 4) is 11.5 Å². The molecule has 0 aliphatic carbocycles. The predicted molar refractivity (Wildman–Crippen MR) is 86.5 cm³/mol. The van der Waals surface area contributed by atoms with Gasteiger partial charge in [-0.3, -0.25) is 4.79 Å². The lowest BCUT2D eigenvalue weighted by atomic mass is 10.0. The zero-order valence-corrected chi connectivity index (χ0v) is 13.8. The van der Waals surface area contributed by atoms with Crippen molar-refractivity contribution in [3.63, 3.8) is 0 Å². The van der Waals surface area contributed by atoms with E-state index in [4.69, 9.17) is 26.8 Å². The number of carbonyl (C=O) groups is 1. The SMILES string of the molecule is COc1cc(Br)c(C(=O)c2cc(N)cc(Cl)c2)cc1OC. The van der Waals surface area contributed by atoms with Crippen LogP contribution in [0.15, 0.2) is 34.8 Å². The molecule has 0 fully saturated rings. The Morgan fingerprint density at radius 1 is 1.10 bits per heavy atom. The number of hydrogen-bond acceptors (Lipinski definition) is 4. The second-order valence-corrected chi connectivity index (χ2v) is 5.58. The number of rotatable bonds is 4. The molecule has 6 heteroatoms. The van der Waals surface area contributed by atoms with E-state index in [2.05, 4.69) is 15.9 Å². The van der Waals surface area contributed by atoms with Crippen LogP contribution in [-0.4, -0.2) is 20.0 Å². The zero-order chi connectivity index (χ0) is 15.6. The van der Waals surface area contributed by atoms with Crippen LogP contribution in [0.3, 0.4) is 0 Å². The fraction of sp³-hybridized carbons (Fsp3) is 0.133. The smallest absolute Gasteiger partial charge is 0.194 e. The lowest BCUT2D eigenvalue weighted by Crippen LogP contribution is -2.05. The highest BCUT2D eigenvalue weighted by molar-refractivity contribution is 9.10. The highest BCUT2D eigenvalue weighted by atomic mass is 79.9. The second-order valence-electron chi connectivity index (χ2n) is 4.29. The highest BCUT2D eigenvalue weighted by Crippen LogP contribution is 2.34. The fourth-order valence-electron chi connectivity index (χ4n) is 1.93. The molecule has 0 unspecified atom stereocenters. The number of carbonyl (C=O) groups excluding carboxylic acids is 1. The topological polar surface area (TPSA) is 61.5 Å². The van der Waals surface area contributed by atoms with Crippen LogP contribution in [-0.2, 0) is 0 Å².